The van der Waals surface area contributed by atoms with E-state index in [4.69, 9.17) is 16.3 Å². The Kier molecular flexibility index (Phi) is 8.26. The minimum Gasteiger partial charge on any atom is -0.378 e. The van der Waals surface area contributed by atoms with E-state index in [2.05, 4.69) is 11.8 Å². The van der Waals surface area contributed by atoms with Crippen LogP contribution in [0, 0.1) is 0 Å². The van der Waals surface area contributed by atoms with Gasteiger partial charge in [-0.05, 0) is 13.0 Å². The van der Waals surface area contributed by atoms with E-state index in [-0.39, 0.29) is 0 Å². The van der Waals surface area contributed by atoms with Crippen molar-refractivity contribution < 1.29 is 4.74 Å². The Labute approximate surface area is 105 Å². The van der Waals surface area contributed by atoms with Crippen LogP contribution in [0.25, 0.3) is 0 Å². The van der Waals surface area contributed by atoms with Crippen molar-refractivity contribution in [3.8, 4) is 0 Å². The molecule has 0 amide bonds. The summed E-state index contributed by atoms with van der Waals surface area (Å²) in [5, 5.41) is 0. The van der Waals surface area contributed by atoms with Crippen molar-refractivity contribution in [3.63, 3.8) is 0 Å². The van der Waals surface area contributed by atoms with E-state index in [1.807, 2.05) is 0 Å². The molecule has 1 rings (SSSR count). The maximum absolute atomic E-state index is 5.93. The lowest BCUT2D eigenvalue weighted by Crippen LogP contribution is -2.46. The van der Waals surface area contributed by atoms with Gasteiger partial charge in [-0.1, -0.05) is 39.0 Å². The number of rotatable bonds is 8. The molecule has 0 saturated carbocycles. The van der Waals surface area contributed by atoms with E-state index in [1.54, 1.807) is 0 Å². The van der Waals surface area contributed by atoms with Crippen LogP contribution in [0.15, 0.2) is 0 Å². The highest BCUT2D eigenvalue weighted by atomic mass is 35.5. The van der Waals surface area contributed by atoms with Crippen LogP contribution >= 0.6 is 11.6 Å². The van der Waals surface area contributed by atoms with E-state index < -0.39 is 0 Å². The van der Waals surface area contributed by atoms with E-state index in [1.165, 1.54) is 45.1 Å². The zero-order chi connectivity index (χ0) is 11.6. The van der Waals surface area contributed by atoms with Gasteiger partial charge in [-0.25, -0.2) is 0 Å². The van der Waals surface area contributed by atoms with Crippen molar-refractivity contribution in [2.75, 3.05) is 32.2 Å². The molecule has 0 aliphatic carbocycles. The molecule has 1 fully saturated rings. The zero-order valence-electron chi connectivity index (χ0n) is 10.6. The van der Waals surface area contributed by atoms with Gasteiger partial charge in [-0.15, -0.1) is 11.6 Å². The highest BCUT2D eigenvalue weighted by Gasteiger charge is 2.21. The normalized spacial score (nSPS) is 22.5. The fourth-order valence-corrected chi connectivity index (χ4v) is 2.51. The molecule has 1 heterocycles. The van der Waals surface area contributed by atoms with Gasteiger partial charge in [0.05, 0.1) is 13.2 Å². The van der Waals surface area contributed by atoms with Gasteiger partial charge in [-0.3, -0.25) is 4.90 Å². The van der Waals surface area contributed by atoms with Crippen LogP contribution in [0.4, 0.5) is 0 Å². The Morgan fingerprint density at radius 2 is 1.94 bits per heavy atom. The Hall–Kier alpha value is 0.210. The number of hydrogen-bond acceptors (Lipinski definition) is 2. The first-order chi connectivity index (χ1) is 7.88. The summed E-state index contributed by atoms with van der Waals surface area (Å²) in [6.45, 7) is 6.22. The van der Waals surface area contributed by atoms with Gasteiger partial charge in [0, 0.05) is 18.5 Å². The molecule has 0 spiro atoms. The van der Waals surface area contributed by atoms with Crippen LogP contribution < -0.4 is 0 Å². The number of morpholine rings is 1. The fourth-order valence-electron chi connectivity index (χ4n) is 2.22. The molecule has 1 atom stereocenters. The number of halogens is 1. The predicted octanol–water partition coefficient (Wildman–Crippen LogP) is 3.29. The SMILES string of the molecule is CCCCCCCCN1CCOCC1CCl. The van der Waals surface area contributed by atoms with Crippen molar-refractivity contribution in [1.29, 1.82) is 0 Å². The molecule has 1 saturated heterocycles. The standard InChI is InChI=1S/C13H26ClNO/c1-2-3-4-5-6-7-8-15-9-10-16-12-13(15)11-14/h13H,2-12H2,1H3. The summed E-state index contributed by atoms with van der Waals surface area (Å²) < 4.78 is 5.44. The summed E-state index contributed by atoms with van der Waals surface area (Å²) in [5.41, 5.74) is 0. The highest BCUT2D eigenvalue weighted by Crippen LogP contribution is 2.11. The average Bonchev–Trinajstić information content (AvgIpc) is 2.34. The number of ether oxygens (including phenoxy) is 1. The van der Waals surface area contributed by atoms with E-state index >= 15 is 0 Å². The molecule has 1 aliphatic heterocycles. The van der Waals surface area contributed by atoms with Crippen molar-refractivity contribution in [2.45, 2.75) is 51.5 Å². The van der Waals surface area contributed by atoms with Crippen LogP contribution in [0.3, 0.4) is 0 Å². The lowest BCUT2D eigenvalue weighted by molar-refractivity contribution is 0.000393. The molecule has 96 valence electrons. The lowest BCUT2D eigenvalue weighted by Gasteiger charge is -2.34. The monoisotopic (exact) mass is 247 g/mol. The first kappa shape index (κ1) is 14.3. The lowest BCUT2D eigenvalue weighted by atomic mass is 10.1. The van der Waals surface area contributed by atoms with E-state index in [9.17, 15) is 0 Å². The summed E-state index contributed by atoms with van der Waals surface area (Å²) in [4.78, 5) is 2.50. The second-order valence-electron chi connectivity index (χ2n) is 4.69. The third-order valence-corrected chi connectivity index (χ3v) is 3.68. The van der Waals surface area contributed by atoms with Crippen molar-refractivity contribution in [2.24, 2.45) is 0 Å². The summed E-state index contributed by atoms with van der Waals surface area (Å²) in [6, 6.07) is 0.450. The van der Waals surface area contributed by atoms with Gasteiger partial charge < -0.3 is 4.74 Å². The molecule has 1 unspecified atom stereocenters. The number of unbranched alkanes of at least 4 members (excludes halogenated alkanes) is 5. The molecule has 0 radical (unpaired) electrons. The summed E-state index contributed by atoms with van der Waals surface area (Å²) in [5.74, 6) is 0.704. The van der Waals surface area contributed by atoms with Gasteiger partial charge in [-0.2, -0.15) is 0 Å². The van der Waals surface area contributed by atoms with Crippen LogP contribution in [0.1, 0.15) is 45.4 Å². The fraction of sp³-hybridized carbons (Fsp3) is 1.00. The summed E-state index contributed by atoms with van der Waals surface area (Å²) >= 11 is 5.93. The van der Waals surface area contributed by atoms with Gasteiger partial charge >= 0.3 is 0 Å². The molecular weight excluding hydrogens is 222 g/mol. The maximum atomic E-state index is 5.93. The summed E-state index contributed by atoms with van der Waals surface area (Å²) in [7, 11) is 0. The summed E-state index contributed by atoms with van der Waals surface area (Å²) in [6.07, 6.45) is 8.20. The smallest absolute Gasteiger partial charge is 0.0634 e. The Balaban J connectivity index is 2.02. The minimum absolute atomic E-state index is 0.450. The Morgan fingerprint density at radius 1 is 1.19 bits per heavy atom. The van der Waals surface area contributed by atoms with E-state index in [0.29, 0.717) is 11.9 Å². The number of nitrogens with zero attached hydrogens (tertiary/aromatic N) is 1. The largest absolute Gasteiger partial charge is 0.378 e. The zero-order valence-corrected chi connectivity index (χ0v) is 11.3. The molecule has 1 aliphatic rings. The van der Waals surface area contributed by atoms with Gasteiger partial charge in [0.25, 0.3) is 0 Å². The first-order valence-electron chi connectivity index (χ1n) is 6.76. The van der Waals surface area contributed by atoms with Crippen molar-refractivity contribution >= 4 is 11.6 Å². The van der Waals surface area contributed by atoms with Gasteiger partial charge in [0.2, 0.25) is 0 Å². The number of hydrogen-bond donors (Lipinski definition) is 0. The van der Waals surface area contributed by atoms with Gasteiger partial charge in [0.1, 0.15) is 0 Å². The molecule has 0 N–H and O–H groups in total. The average molecular weight is 248 g/mol. The predicted molar refractivity (Wildman–Crippen MR) is 70.3 cm³/mol. The number of alkyl halides is 1. The third-order valence-electron chi connectivity index (χ3n) is 3.33. The molecule has 0 bridgehead atoms. The minimum atomic E-state index is 0.450. The van der Waals surface area contributed by atoms with Crippen LogP contribution in [0.5, 0.6) is 0 Å². The van der Waals surface area contributed by atoms with E-state index in [0.717, 1.165) is 19.8 Å². The second kappa shape index (κ2) is 9.26. The second-order valence-corrected chi connectivity index (χ2v) is 5.00. The molecule has 0 aromatic rings. The maximum Gasteiger partial charge on any atom is 0.0634 e. The van der Waals surface area contributed by atoms with Gasteiger partial charge in [0.15, 0.2) is 0 Å². The highest BCUT2D eigenvalue weighted by molar-refractivity contribution is 6.18. The molecule has 0 aromatic carbocycles. The van der Waals surface area contributed by atoms with Crippen molar-refractivity contribution in [3.05, 3.63) is 0 Å². The molecular formula is C13H26ClNO. The van der Waals surface area contributed by atoms with Crippen molar-refractivity contribution in [1.82, 2.24) is 4.90 Å². The third kappa shape index (κ3) is 5.51. The van der Waals surface area contributed by atoms with Crippen LogP contribution in [-0.2, 0) is 4.74 Å². The topological polar surface area (TPSA) is 12.5 Å². The molecule has 3 heteroatoms. The quantitative estimate of drug-likeness (QED) is 0.482. The Bertz CT molecular complexity index is 166. The molecule has 0 aromatic heterocycles. The molecule has 16 heavy (non-hydrogen) atoms. The first-order valence-corrected chi connectivity index (χ1v) is 7.29. The van der Waals surface area contributed by atoms with Crippen LogP contribution in [-0.4, -0.2) is 43.1 Å². The van der Waals surface area contributed by atoms with Crippen LogP contribution in [0.2, 0.25) is 0 Å². The molecule has 2 nitrogen and oxygen atoms in total. The Morgan fingerprint density at radius 3 is 2.69 bits per heavy atom.